The van der Waals surface area contributed by atoms with Crippen LogP contribution in [-0.4, -0.2) is 20.1 Å². The molecule has 0 saturated heterocycles. The Hall–Kier alpha value is -1.22. The van der Waals surface area contributed by atoms with Crippen LogP contribution in [0, 0.1) is 0 Å². The van der Waals surface area contributed by atoms with Crippen molar-refractivity contribution in [2.45, 2.75) is 31.3 Å². The number of nitrogens with zero attached hydrogens (tertiary/aromatic N) is 1. The van der Waals surface area contributed by atoms with Gasteiger partial charge in [0, 0.05) is 17.5 Å². The van der Waals surface area contributed by atoms with Gasteiger partial charge in [0.2, 0.25) is 10.0 Å². The molecule has 2 N–H and O–H groups in total. The first-order chi connectivity index (χ1) is 9.63. The van der Waals surface area contributed by atoms with E-state index in [9.17, 15) is 8.42 Å². The Morgan fingerprint density at radius 1 is 1.35 bits per heavy atom. The average molecular weight is 315 g/mol. The number of hydrogen-bond acceptors (Lipinski definition) is 6. The largest absolute Gasteiger partial charge is 0.360 e. The summed E-state index contributed by atoms with van der Waals surface area (Å²) in [6.07, 6.45) is 2.49. The maximum absolute atomic E-state index is 12.2. The minimum absolute atomic E-state index is 0.0972. The Balaban J connectivity index is 2.03. The quantitative estimate of drug-likeness (QED) is 0.725. The summed E-state index contributed by atoms with van der Waals surface area (Å²) in [6.45, 7) is 3.59. The summed E-state index contributed by atoms with van der Waals surface area (Å²) in [4.78, 5) is 1.13. The SMILES string of the molecule is CCCNCc1sccc1S(=O)(=O)NCc1ccno1. The van der Waals surface area contributed by atoms with Crippen molar-refractivity contribution in [3.8, 4) is 0 Å². The van der Waals surface area contributed by atoms with Crippen LogP contribution in [-0.2, 0) is 23.1 Å². The molecule has 2 aromatic rings. The highest BCUT2D eigenvalue weighted by Crippen LogP contribution is 2.21. The molecule has 0 radical (unpaired) electrons. The Morgan fingerprint density at radius 3 is 2.90 bits per heavy atom. The van der Waals surface area contributed by atoms with Gasteiger partial charge in [-0.1, -0.05) is 12.1 Å². The zero-order valence-electron chi connectivity index (χ0n) is 11.1. The van der Waals surface area contributed by atoms with Gasteiger partial charge in [0.1, 0.15) is 0 Å². The van der Waals surface area contributed by atoms with E-state index >= 15 is 0 Å². The Labute approximate surface area is 122 Å². The van der Waals surface area contributed by atoms with Crippen molar-refractivity contribution in [3.63, 3.8) is 0 Å². The fourth-order valence-electron chi connectivity index (χ4n) is 1.65. The molecule has 6 nitrogen and oxygen atoms in total. The first-order valence-electron chi connectivity index (χ1n) is 6.30. The molecule has 2 rings (SSSR count). The number of nitrogens with one attached hydrogen (secondary N) is 2. The molecule has 0 fully saturated rings. The van der Waals surface area contributed by atoms with E-state index in [-0.39, 0.29) is 6.54 Å². The highest BCUT2D eigenvalue weighted by molar-refractivity contribution is 7.89. The highest BCUT2D eigenvalue weighted by atomic mass is 32.2. The van der Waals surface area contributed by atoms with Crippen LogP contribution in [0.15, 0.2) is 33.1 Å². The third-order valence-corrected chi connectivity index (χ3v) is 5.17. The van der Waals surface area contributed by atoms with Crippen molar-refractivity contribution in [2.75, 3.05) is 6.54 Å². The van der Waals surface area contributed by atoms with Crippen LogP contribution in [0.4, 0.5) is 0 Å². The van der Waals surface area contributed by atoms with Gasteiger partial charge in [0.15, 0.2) is 5.76 Å². The lowest BCUT2D eigenvalue weighted by molar-refractivity contribution is 0.380. The molecule has 8 heteroatoms. The van der Waals surface area contributed by atoms with E-state index in [1.807, 2.05) is 0 Å². The van der Waals surface area contributed by atoms with Crippen molar-refractivity contribution in [1.29, 1.82) is 0 Å². The maximum Gasteiger partial charge on any atom is 0.242 e. The zero-order valence-corrected chi connectivity index (χ0v) is 12.8. The maximum atomic E-state index is 12.2. The number of sulfonamides is 1. The van der Waals surface area contributed by atoms with E-state index in [2.05, 4.69) is 22.1 Å². The van der Waals surface area contributed by atoms with Crippen LogP contribution < -0.4 is 10.0 Å². The fraction of sp³-hybridized carbons (Fsp3) is 0.417. The second-order valence-corrected chi connectivity index (χ2v) is 6.92. The molecule has 0 saturated carbocycles. The van der Waals surface area contributed by atoms with Crippen LogP contribution in [0.2, 0.25) is 0 Å². The van der Waals surface area contributed by atoms with Gasteiger partial charge in [-0.15, -0.1) is 11.3 Å². The predicted molar refractivity (Wildman–Crippen MR) is 76.8 cm³/mol. The van der Waals surface area contributed by atoms with E-state index in [1.165, 1.54) is 17.5 Å². The molecular weight excluding hydrogens is 298 g/mol. The zero-order chi connectivity index (χ0) is 14.4. The third kappa shape index (κ3) is 3.89. The van der Waals surface area contributed by atoms with E-state index in [4.69, 9.17) is 4.52 Å². The Morgan fingerprint density at radius 2 is 2.20 bits per heavy atom. The minimum atomic E-state index is -3.53. The molecule has 2 aromatic heterocycles. The lowest BCUT2D eigenvalue weighted by Crippen LogP contribution is -2.24. The van der Waals surface area contributed by atoms with Crippen LogP contribution in [0.3, 0.4) is 0 Å². The van der Waals surface area contributed by atoms with Gasteiger partial charge in [-0.3, -0.25) is 0 Å². The summed E-state index contributed by atoms with van der Waals surface area (Å²) in [7, 11) is -3.53. The molecule has 110 valence electrons. The van der Waals surface area contributed by atoms with E-state index in [0.29, 0.717) is 17.2 Å². The summed E-state index contributed by atoms with van der Waals surface area (Å²) in [6, 6.07) is 3.25. The Bertz CT molecular complexity index is 620. The van der Waals surface area contributed by atoms with Gasteiger partial charge in [-0.2, -0.15) is 0 Å². The van der Waals surface area contributed by atoms with Gasteiger partial charge in [0.25, 0.3) is 0 Å². The molecule has 20 heavy (non-hydrogen) atoms. The van der Waals surface area contributed by atoms with Crippen molar-refractivity contribution in [2.24, 2.45) is 0 Å². The topological polar surface area (TPSA) is 84.2 Å². The fourth-order valence-corrected chi connectivity index (χ4v) is 4.06. The number of thiophene rings is 1. The first kappa shape index (κ1) is 15.2. The monoisotopic (exact) mass is 315 g/mol. The van der Waals surface area contributed by atoms with Gasteiger partial charge in [-0.25, -0.2) is 13.1 Å². The molecule has 0 aliphatic carbocycles. The van der Waals surface area contributed by atoms with E-state index < -0.39 is 10.0 Å². The van der Waals surface area contributed by atoms with Gasteiger partial charge >= 0.3 is 0 Å². The lowest BCUT2D eigenvalue weighted by atomic mass is 10.4. The van der Waals surface area contributed by atoms with Gasteiger partial charge in [0.05, 0.1) is 17.6 Å². The van der Waals surface area contributed by atoms with E-state index in [0.717, 1.165) is 17.8 Å². The average Bonchev–Trinajstić information content (AvgIpc) is 3.08. The number of aromatic nitrogens is 1. The second kappa shape index (κ2) is 6.98. The summed E-state index contributed by atoms with van der Waals surface area (Å²) in [5, 5.41) is 8.53. The molecular formula is C12H17N3O3S2. The van der Waals surface area contributed by atoms with Crippen LogP contribution in [0.1, 0.15) is 24.0 Å². The molecule has 0 aliphatic rings. The molecule has 0 bridgehead atoms. The third-order valence-electron chi connectivity index (χ3n) is 2.63. The van der Waals surface area contributed by atoms with Crippen molar-refractivity contribution in [3.05, 3.63) is 34.3 Å². The predicted octanol–water partition coefficient (Wildman–Crippen LogP) is 1.71. The van der Waals surface area contributed by atoms with Crippen LogP contribution >= 0.6 is 11.3 Å². The molecule has 2 heterocycles. The van der Waals surface area contributed by atoms with Crippen LogP contribution in [0.5, 0.6) is 0 Å². The smallest absolute Gasteiger partial charge is 0.242 e. The summed E-state index contributed by atoms with van der Waals surface area (Å²) >= 11 is 1.43. The van der Waals surface area contributed by atoms with Crippen molar-refractivity contribution >= 4 is 21.4 Å². The molecule has 0 atom stereocenters. The molecule has 0 aromatic carbocycles. The number of rotatable bonds is 8. The van der Waals surface area contributed by atoms with Crippen molar-refractivity contribution < 1.29 is 12.9 Å². The molecule has 0 aliphatic heterocycles. The van der Waals surface area contributed by atoms with Crippen LogP contribution in [0.25, 0.3) is 0 Å². The molecule has 0 unspecified atom stereocenters. The summed E-state index contributed by atoms with van der Waals surface area (Å²) in [5.41, 5.74) is 0. The molecule has 0 amide bonds. The summed E-state index contributed by atoms with van der Waals surface area (Å²) < 4.78 is 31.9. The Kier molecular flexibility index (Phi) is 5.30. The minimum Gasteiger partial charge on any atom is -0.360 e. The lowest BCUT2D eigenvalue weighted by Gasteiger charge is -2.07. The van der Waals surface area contributed by atoms with E-state index in [1.54, 1.807) is 17.5 Å². The molecule has 0 spiro atoms. The number of hydrogen-bond donors (Lipinski definition) is 2. The summed E-state index contributed by atoms with van der Waals surface area (Å²) in [5.74, 6) is 0.481. The first-order valence-corrected chi connectivity index (χ1v) is 8.66. The highest BCUT2D eigenvalue weighted by Gasteiger charge is 2.19. The van der Waals surface area contributed by atoms with Crippen molar-refractivity contribution in [1.82, 2.24) is 15.2 Å². The standard InChI is InChI=1S/C12H17N3O3S2/c1-2-5-13-9-11-12(4-7-19-11)20(16,17)15-8-10-3-6-14-18-10/h3-4,6-7,13,15H,2,5,8-9H2,1H3. The van der Waals surface area contributed by atoms with Gasteiger partial charge in [-0.05, 0) is 24.4 Å². The normalized spacial score (nSPS) is 11.8. The van der Waals surface area contributed by atoms with Gasteiger partial charge < -0.3 is 9.84 Å². The second-order valence-electron chi connectivity index (χ2n) is 4.19.